The van der Waals surface area contributed by atoms with E-state index in [0.29, 0.717) is 16.4 Å². The van der Waals surface area contributed by atoms with E-state index in [9.17, 15) is 14.4 Å². The average molecular weight is 466 g/mol. The fourth-order valence-corrected chi connectivity index (χ4v) is 3.76. The number of hydrogen-bond donors (Lipinski definition) is 1. The van der Waals surface area contributed by atoms with E-state index in [2.05, 4.69) is 21.2 Å². The van der Waals surface area contributed by atoms with Crippen molar-refractivity contribution in [2.75, 3.05) is 23.4 Å². The highest BCUT2D eigenvalue weighted by Gasteiger charge is 2.37. The standard InChI is InChI=1S/C20H18BrClN2O4/c1-12-6-7-16(14(21)8-12)23-18(25)11-28-20(27)13-9-19(26)24(10-13)17-5-3-2-4-15(17)22/h2-8,13H,9-11H2,1H3,(H,23,25). The lowest BCUT2D eigenvalue weighted by Gasteiger charge is -2.17. The van der Waals surface area contributed by atoms with E-state index in [1.54, 1.807) is 30.3 Å². The summed E-state index contributed by atoms with van der Waals surface area (Å²) in [5, 5.41) is 3.11. The van der Waals surface area contributed by atoms with Crippen LogP contribution < -0.4 is 10.2 Å². The summed E-state index contributed by atoms with van der Waals surface area (Å²) in [5.41, 5.74) is 2.20. The Labute approximate surface area is 175 Å². The molecule has 0 aliphatic carbocycles. The summed E-state index contributed by atoms with van der Waals surface area (Å²) in [6.07, 6.45) is 0.0230. The molecule has 2 amide bonds. The third-order valence-corrected chi connectivity index (χ3v) is 5.32. The predicted molar refractivity (Wildman–Crippen MR) is 110 cm³/mol. The van der Waals surface area contributed by atoms with E-state index in [1.165, 1.54) is 4.90 Å². The predicted octanol–water partition coefficient (Wildman–Crippen LogP) is 3.95. The first kappa shape index (κ1) is 20.4. The van der Waals surface area contributed by atoms with Crippen molar-refractivity contribution in [3.63, 3.8) is 0 Å². The fraction of sp³-hybridized carbons (Fsp3) is 0.250. The zero-order chi connectivity index (χ0) is 20.3. The van der Waals surface area contributed by atoms with Crippen molar-refractivity contribution in [3.05, 3.63) is 57.5 Å². The summed E-state index contributed by atoms with van der Waals surface area (Å²) in [7, 11) is 0. The van der Waals surface area contributed by atoms with Crippen LogP contribution in [0.3, 0.4) is 0 Å². The monoisotopic (exact) mass is 464 g/mol. The molecule has 3 rings (SSSR count). The van der Waals surface area contributed by atoms with Crippen LogP contribution in [0, 0.1) is 12.8 Å². The molecule has 1 saturated heterocycles. The second-order valence-corrected chi connectivity index (χ2v) is 7.76. The Bertz CT molecular complexity index is 934. The highest BCUT2D eigenvalue weighted by atomic mass is 79.9. The van der Waals surface area contributed by atoms with Crippen LogP contribution in [0.4, 0.5) is 11.4 Å². The molecule has 6 nitrogen and oxygen atoms in total. The Morgan fingerprint density at radius 1 is 1.29 bits per heavy atom. The van der Waals surface area contributed by atoms with Crippen molar-refractivity contribution in [1.82, 2.24) is 0 Å². The SMILES string of the molecule is Cc1ccc(NC(=O)COC(=O)C2CC(=O)N(c3ccccc3Cl)C2)c(Br)c1. The Hall–Kier alpha value is -2.38. The van der Waals surface area contributed by atoms with Crippen molar-refractivity contribution in [1.29, 1.82) is 0 Å². The molecule has 2 aromatic carbocycles. The molecule has 1 heterocycles. The fourth-order valence-electron chi connectivity index (χ4n) is 2.93. The van der Waals surface area contributed by atoms with Crippen molar-refractivity contribution in [2.24, 2.45) is 5.92 Å². The average Bonchev–Trinajstić information content (AvgIpc) is 3.04. The van der Waals surface area contributed by atoms with Gasteiger partial charge in [0.05, 0.1) is 22.3 Å². The van der Waals surface area contributed by atoms with Crippen LogP contribution in [0.1, 0.15) is 12.0 Å². The molecule has 28 heavy (non-hydrogen) atoms. The van der Waals surface area contributed by atoms with E-state index < -0.39 is 24.4 Å². The summed E-state index contributed by atoms with van der Waals surface area (Å²) in [6, 6.07) is 12.4. The highest BCUT2D eigenvalue weighted by molar-refractivity contribution is 9.10. The van der Waals surface area contributed by atoms with Crippen molar-refractivity contribution in [2.45, 2.75) is 13.3 Å². The molecule has 0 aromatic heterocycles. The maximum Gasteiger partial charge on any atom is 0.311 e. The van der Waals surface area contributed by atoms with E-state index in [0.717, 1.165) is 10.0 Å². The normalized spacial score (nSPS) is 16.2. The number of para-hydroxylation sites is 1. The van der Waals surface area contributed by atoms with Crippen LogP contribution in [-0.4, -0.2) is 30.9 Å². The van der Waals surface area contributed by atoms with Gasteiger partial charge >= 0.3 is 5.97 Å². The maximum atomic E-state index is 12.3. The molecule has 1 aliphatic rings. The second-order valence-electron chi connectivity index (χ2n) is 6.50. The number of ether oxygens (including phenoxy) is 1. The number of hydrogen-bond acceptors (Lipinski definition) is 4. The largest absolute Gasteiger partial charge is 0.455 e. The molecule has 1 atom stereocenters. The summed E-state index contributed by atoms with van der Waals surface area (Å²) in [6.45, 7) is 1.69. The maximum absolute atomic E-state index is 12.3. The molecule has 1 aliphatic heterocycles. The summed E-state index contributed by atoms with van der Waals surface area (Å²) in [5.74, 6) is -1.88. The molecular formula is C20H18BrClN2O4. The van der Waals surface area contributed by atoms with Gasteiger partial charge in [0.2, 0.25) is 5.91 Å². The Balaban J connectivity index is 1.54. The number of rotatable bonds is 5. The lowest BCUT2D eigenvalue weighted by molar-refractivity contribution is -0.151. The number of nitrogens with one attached hydrogen (secondary N) is 1. The van der Waals surface area contributed by atoms with Gasteiger partial charge < -0.3 is 15.0 Å². The van der Waals surface area contributed by atoms with E-state index in [-0.39, 0.29) is 18.9 Å². The van der Waals surface area contributed by atoms with Gasteiger partial charge in [0.25, 0.3) is 5.91 Å². The van der Waals surface area contributed by atoms with Gasteiger partial charge in [-0.25, -0.2) is 0 Å². The van der Waals surface area contributed by atoms with Gasteiger partial charge in [-0.2, -0.15) is 0 Å². The Kier molecular flexibility index (Phi) is 6.36. The van der Waals surface area contributed by atoms with Gasteiger partial charge in [-0.05, 0) is 52.7 Å². The quantitative estimate of drug-likeness (QED) is 0.679. The molecule has 8 heteroatoms. The first-order chi connectivity index (χ1) is 13.3. The van der Waals surface area contributed by atoms with Gasteiger partial charge in [0, 0.05) is 17.4 Å². The number of aryl methyl sites for hydroxylation is 1. The number of nitrogens with zero attached hydrogens (tertiary/aromatic N) is 1. The van der Waals surface area contributed by atoms with Crippen LogP contribution >= 0.6 is 27.5 Å². The number of carbonyl (C=O) groups excluding carboxylic acids is 3. The smallest absolute Gasteiger partial charge is 0.311 e. The lowest BCUT2D eigenvalue weighted by Crippen LogP contribution is -2.28. The minimum atomic E-state index is -0.636. The van der Waals surface area contributed by atoms with E-state index in [1.807, 2.05) is 19.1 Å². The zero-order valence-electron chi connectivity index (χ0n) is 15.1. The third-order valence-electron chi connectivity index (χ3n) is 4.35. The number of amides is 2. The Morgan fingerprint density at radius 2 is 2.04 bits per heavy atom. The van der Waals surface area contributed by atoms with E-state index >= 15 is 0 Å². The van der Waals surface area contributed by atoms with Gasteiger partial charge in [-0.15, -0.1) is 0 Å². The van der Waals surface area contributed by atoms with E-state index in [4.69, 9.17) is 16.3 Å². The van der Waals surface area contributed by atoms with Gasteiger partial charge in [0.1, 0.15) is 0 Å². The zero-order valence-corrected chi connectivity index (χ0v) is 17.4. The van der Waals surface area contributed by atoms with Crippen LogP contribution in [0.25, 0.3) is 0 Å². The van der Waals surface area contributed by atoms with Crippen LogP contribution in [0.5, 0.6) is 0 Å². The van der Waals surface area contributed by atoms with Crippen LogP contribution in [-0.2, 0) is 19.1 Å². The molecule has 0 radical (unpaired) electrons. The summed E-state index contributed by atoms with van der Waals surface area (Å²) in [4.78, 5) is 38.1. The minimum absolute atomic E-state index is 0.0230. The lowest BCUT2D eigenvalue weighted by atomic mass is 10.1. The van der Waals surface area contributed by atoms with Crippen molar-refractivity contribution < 1.29 is 19.1 Å². The number of esters is 1. The molecule has 2 aromatic rings. The molecule has 0 saturated carbocycles. The van der Waals surface area contributed by atoms with Gasteiger partial charge in [0.15, 0.2) is 6.61 Å². The van der Waals surface area contributed by atoms with Crippen LogP contribution in [0.2, 0.25) is 5.02 Å². The van der Waals surface area contributed by atoms with Gasteiger partial charge in [-0.3, -0.25) is 14.4 Å². The molecular weight excluding hydrogens is 448 g/mol. The Morgan fingerprint density at radius 3 is 2.75 bits per heavy atom. The number of anilines is 2. The first-order valence-electron chi connectivity index (χ1n) is 8.62. The second kappa shape index (κ2) is 8.75. The summed E-state index contributed by atoms with van der Waals surface area (Å²) < 4.78 is 5.85. The topological polar surface area (TPSA) is 75.7 Å². The minimum Gasteiger partial charge on any atom is -0.455 e. The third kappa shape index (κ3) is 4.72. The molecule has 1 fully saturated rings. The van der Waals surface area contributed by atoms with Crippen LogP contribution in [0.15, 0.2) is 46.9 Å². The molecule has 146 valence electrons. The molecule has 0 spiro atoms. The highest BCUT2D eigenvalue weighted by Crippen LogP contribution is 2.31. The number of halogens is 2. The van der Waals surface area contributed by atoms with Crippen molar-refractivity contribution >= 4 is 56.7 Å². The molecule has 0 bridgehead atoms. The summed E-state index contributed by atoms with van der Waals surface area (Å²) >= 11 is 9.51. The molecule has 1 N–H and O–H groups in total. The molecule has 1 unspecified atom stereocenters. The van der Waals surface area contributed by atoms with Gasteiger partial charge in [-0.1, -0.05) is 29.8 Å². The first-order valence-corrected chi connectivity index (χ1v) is 9.80. The number of benzene rings is 2. The van der Waals surface area contributed by atoms with Crippen molar-refractivity contribution in [3.8, 4) is 0 Å². The number of carbonyl (C=O) groups is 3.